The van der Waals surface area contributed by atoms with Crippen LogP contribution in [-0.4, -0.2) is 293 Å². The monoisotopic (exact) mass is 1940 g/mol. The minimum Gasteiger partial charge on any atom is -0.508 e. The maximum absolute atomic E-state index is 15.8. The van der Waals surface area contributed by atoms with Crippen LogP contribution in [0.1, 0.15) is 126 Å². The molecule has 139 heavy (non-hydrogen) atoms. The van der Waals surface area contributed by atoms with Crippen LogP contribution in [0.2, 0.25) is 0 Å². The number of carbonyl (C=O) groups is 16. The molecular formula is C99H123F3N16O20S. The van der Waals surface area contributed by atoms with Crippen LogP contribution in [0.4, 0.5) is 13.2 Å². The molecule has 3 saturated heterocycles. The van der Waals surface area contributed by atoms with E-state index in [9.17, 15) is 44.0 Å². The van der Waals surface area contributed by atoms with Gasteiger partial charge in [0, 0.05) is 115 Å². The Bertz CT molecular complexity index is 5550. The van der Waals surface area contributed by atoms with Crippen molar-refractivity contribution in [3.05, 3.63) is 203 Å². The molecule has 3 aliphatic rings. The van der Waals surface area contributed by atoms with Gasteiger partial charge in [0.15, 0.2) is 17.5 Å². The Morgan fingerprint density at radius 3 is 1.60 bits per heavy atom. The van der Waals surface area contributed by atoms with E-state index < -0.39 is 259 Å². The number of amides is 15. The number of nitrogens with zero attached hydrogens (tertiary/aromatic N) is 6. The fourth-order valence-corrected chi connectivity index (χ4v) is 18.3. The van der Waals surface area contributed by atoms with E-state index in [1.807, 2.05) is 6.92 Å². The van der Waals surface area contributed by atoms with Gasteiger partial charge >= 0.3 is 5.97 Å². The Morgan fingerprint density at radius 1 is 0.511 bits per heavy atom. The van der Waals surface area contributed by atoms with Crippen LogP contribution in [0.25, 0.3) is 10.9 Å². The molecule has 15 amide bonds. The van der Waals surface area contributed by atoms with Crippen LogP contribution in [0.15, 0.2) is 152 Å². The topological polar surface area (TPSA) is 512 Å². The first-order valence-corrected chi connectivity index (χ1v) is 47.4. The number of phenols is 2. The normalized spacial score (nSPS) is 23.7. The first-order chi connectivity index (χ1) is 66.1. The molecule has 746 valence electrons. The zero-order chi connectivity index (χ0) is 101. The third-order valence-electron chi connectivity index (χ3n) is 25.1. The summed E-state index contributed by atoms with van der Waals surface area (Å²) in [5, 5.41) is 64.7. The number of carbonyl (C=O) groups excluding carboxylic acids is 15. The third kappa shape index (κ3) is 29.1. The number of para-hydroxylation sites is 1. The predicted octanol–water partition coefficient (Wildman–Crippen LogP) is 3.51. The number of aliphatic hydroxyl groups excluding tert-OH is 1. The van der Waals surface area contributed by atoms with Gasteiger partial charge < -0.3 is 103 Å². The minimum absolute atomic E-state index is 0.0384. The van der Waals surface area contributed by atoms with Gasteiger partial charge in [-0.1, -0.05) is 151 Å². The van der Waals surface area contributed by atoms with Crippen molar-refractivity contribution >= 4 is 117 Å². The summed E-state index contributed by atoms with van der Waals surface area (Å²) in [4.78, 5) is 250. The highest BCUT2D eigenvalue weighted by Crippen LogP contribution is 2.31. The predicted molar refractivity (Wildman–Crippen MR) is 507 cm³/mol. The minimum atomic E-state index is -1.88. The Labute approximate surface area is 807 Å². The molecule has 0 aliphatic carbocycles. The molecule has 3 aliphatic heterocycles. The van der Waals surface area contributed by atoms with Crippen LogP contribution in [0.3, 0.4) is 0 Å². The number of unbranched alkanes of at least 4 members (excludes halogenated alkanes) is 1. The van der Waals surface area contributed by atoms with Crippen LogP contribution in [-0.2, 0) is 115 Å². The number of benzene rings is 6. The second-order valence-corrected chi connectivity index (χ2v) is 37.3. The zero-order valence-corrected chi connectivity index (χ0v) is 79.8. The van der Waals surface area contributed by atoms with Crippen LogP contribution in [0.5, 0.6) is 11.5 Å². The molecule has 4 heterocycles. The lowest BCUT2D eigenvalue weighted by Crippen LogP contribution is -2.62. The van der Waals surface area contributed by atoms with Gasteiger partial charge in [0.2, 0.25) is 88.6 Å². The van der Waals surface area contributed by atoms with Gasteiger partial charge in [0.25, 0.3) is 0 Å². The highest BCUT2D eigenvalue weighted by Gasteiger charge is 2.50. The molecule has 6 aromatic carbocycles. The summed E-state index contributed by atoms with van der Waals surface area (Å²) in [6.07, 6.45) is -3.25. The number of aromatic hydroxyl groups is 2. The number of hydrogen-bond acceptors (Lipinski definition) is 20. The fourth-order valence-electron chi connectivity index (χ4n) is 17.5. The first kappa shape index (κ1) is 107. The molecule has 7 aromatic rings. The zero-order valence-electron chi connectivity index (χ0n) is 78.9. The first-order valence-electron chi connectivity index (χ1n) is 46.2. The molecular weight excluding hydrogens is 1820 g/mol. The van der Waals surface area contributed by atoms with Gasteiger partial charge in [0.1, 0.15) is 90.0 Å². The number of carboxylic acid groups (broad SMARTS) is 1. The van der Waals surface area contributed by atoms with E-state index in [0.717, 1.165) is 24.5 Å². The van der Waals surface area contributed by atoms with E-state index in [0.29, 0.717) is 69.0 Å². The highest BCUT2D eigenvalue weighted by atomic mass is 32.2. The van der Waals surface area contributed by atoms with Crippen molar-refractivity contribution in [1.29, 1.82) is 0 Å². The number of H-pyrrole nitrogens is 1. The van der Waals surface area contributed by atoms with Crippen LogP contribution in [0, 0.1) is 29.3 Å². The number of phenolic OH excluding ortho intramolecular Hbond substituents is 2. The standard InChI is InChI=1S/C99H123F3N16O20S/c1-10-11-27-78-97(136)118-52-65(121)49-81(118)98(137)117-39-20-28-77(117)92(131)112-86(56(4)5)99(138)115(8)79(46-57-21-14-12-15-22-57)93(132)110-74(44-60-31-35-64(120)36-32-60)95(134)113(6)76(37-38-84(124)125)91(130)109-72(48-62-50-104-69-26-19-18-25-66(62)69)90(129)108-71(43-59-29-33-63(119)34-30-59)89(128)107-70(40-55(2)3)88(127)111-75(87(126)105-51-82(103)122)53-139-54-83(123)106-73(45-61-41-67(100)85(102)68(101)42-61)94(133)116(9)80(96(135)114(78)7)47-58-23-16-13-17-24-58/h12-19,21-26,29-36,41-42,50,55-56,65,70-81,86,104,119-121H,10-11,20,27-28,37-40,43-49,51-54H2,1-9H3,(H2,103,122)(H,105,126)(H,106,123)(H,107,128)(H,108,129)(H,109,130)(H,110,132)(H,111,127)(H,112,131)(H,124,125)/t65-,70+,71+,72+,73+,74+,75+,76-,77+,78+,79+,80+,81-,86+/m1/s1. The SMILES string of the molecule is CCCC[C@H]1C(=O)N2C[C@H](O)C[C@@H]2C(=O)N2CCC[C@H]2C(=O)N[C@@H](C(C)C)C(=O)N(C)[C@@H](Cc2ccccc2)C(=O)N[C@@H](Cc2ccc(O)cc2)C(=O)N(C)[C@H](CCC(=O)O)C(=O)N[C@@H](Cc2c[nH]c3ccccc23)C(=O)N[C@@H](Cc2ccc(O)cc2)C(=O)N[C@@H](CC(C)C)C(=O)N[C@H](C(=O)NCC(N)=O)CSCC(=O)N[C@@H](Cc2cc(F)c(F)c(F)c2)C(=O)N(C)[C@@H](Cc2ccccc2)C(=O)N1C. The molecule has 0 saturated carbocycles. The van der Waals surface area contributed by atoms with Gasteiger partial charge in [-0.15, -0.1) is 11.8 Å². The van der Waals surface area contributed by atoms with Gasteiger partial charge in [0.05, 0.1) is 18.4 Å². The van der Waals surface area contributed by atoms with Crippen LogP contribution < -0.4 is 48.3 Å². The second-order valence-electron chi connectivity index (χ2n) is 36.3. The molecule has 0 unspecified atom stereocenters. The van der Waals surface area contributed by atoms with Gasteiger partial charge in [-0.25, -0.2) is 13.2 Å². The Hall–Kier alpha value is -13.9. The number of nitrogens with two attached hydrogens (primary N) is 1. The second kappa shape index (κ2) is 49.9. The van der Waals surface area contributed by atoms with Gasteiger partial charge in [-0.3, -0.25) is 76.7 Å². The number of rotatable bonds is 24. The van der Waals surface area contributed by atoms with E-state index in [1.165, 1.54) is 81.6 Å². The highest BCUT2D eigenvalue weighted by molar-refractivity contribution is 8.00. The number of carboxylic acids is 1. The van der Waals surface area contributed by atoms with Crippen molar-refractivity contribution in [3.63, 3.8) is 0 Å². The summed E-state index contributed by atoms with van der Waals surface area (Å²) in [5.41, 5.74) is 7.70. The summed E-state index contributed by atoms with van der Waals surface area (Å²) in [6, 6.07) is 14.7. The van der Waals surface area contributed by atoms with Crippen molar-refractivity contribution in [1.82, 2.24) is 76.9 Å². The number of aromatic amines is 1. The lowest BCUT2D eigenvalue weighted by atomic mass is 9.98. The third-order valence-corrected chi connectivity index (χ3v) is 26.2. The molecule has 10 rings (SSSR count). The molecule has 14 atom stereocenters. The molecule has 0 spiro atoms. The number of primary amides is 1. The van der Waals surface area contributed by atoms with Crippen molar-refractivity contribution in [3.8, 4) is 11.5 Å². The largest absolute Gasteiger partial charge is 0.508 e. The number of fused-ring (bicyclic) bond motifs is 3. The van der Waals surface area contributed by atoms with Gasteiger partial charge in [-0.2, -0.15) is 0 Å². The number of aliphatic carboxylic acids is 1. The summed E-state index contributed by atoms with van der Waals surface area (Å²) in [5.74, 6) is -24.1. The van der Waals surface area contributed by atoms with E-state index in [1.54, 1.807) is 119 Å². The molecule has 3 fully saturated rings. The van der Waals surface area contributed by atoms with Crippen molar-refractivity contribution in [2.24, 2.45) is 17.6 Å². The Morgan fingerprint density at radius 2 is 1.01 bits per heavy atom. The van der Waals surface area contributed by atoms with E-state index in [2.05, 4.69) is 47.5 Å². The molecule has 40 heteroatoms. The summed E-state index contributed by atoms with van der Waals surface area (Å²) >= 11 is 0.662. The summed E-state index contributed by atoms with van der Waals surface area (Å²) in [7, 11) is 4.98. The molecule has 1 aromatic heterocycles. The number of aromatic nitrogens is 1. The van der Waals surface area contributed by atoms with E-state index in [4.69, 9.17) is 5.73 Å². The molecule has 0 bridgehead atoms. The Balaban J connectivity index is 1.08. The maximum Gasteiger partial charge on any atom is 0.303 e. The molecule has 15 N–H and O–H groups in total. The van der Waals surface area contributed by atoms with E-state index >= 15 is 66.3 Å². The molecule has 36 nitrogen and oxygen atoms in total. The van der Waals surface area contributed by atoms with Crippen molar-refractivity contribution < 1.29 is 110 Å². The van der Waals surface area contributed by atoms with Crippen molar-refractivity contribution in [2.45, 2.75) is 216 Å². The smallest absolute Gasteiger partial charge is 0.303 e. The number of nitrogens with one attached hydrogen (secondary N) is 9. The number of hydrogen-bond donors (Lipinski definition) is 14. The average Bonchev–Trinajstić information content (AvgIpc) is 1.66. The molecule has 0 radical (unpaired) electrons. The van der Waals surface area contributed by atoms with Crippen molar-refractivity contribution in [2.75, 3.05) is 59.3 Å². The van der Waals surface area contributed by atoms with E-state index in [-0.39, 0.29) is 87.8 Å². The van der Waals surface area contributed by atoms with Gasteiger partial charge in [-0.05, 0) is 120 Å². The summed E-state index contributed by atoms with van der Waals surface area (Å²) in [6.45, 7) is 7.17. The number of aliphatic hydroxyl groups is 1. The quantitative estimate of drug-likeness (QED) is 0.0385. The number of halogens is 3. The Kier molecular flexibility index (Phi) is 38.5. The number of thioether (sulfide) groups is 1. The van der Waals surface area contributed by atoms with Crippen LogP contribution >= 0.6 is 11.8 Å². The lowest BCUT2D eigenvalue weighted by Gasteiger charge is -2.38. The summed E-state index contributed by atoms with van der Waals surface area (Å²) < 4.78 is 45.2. The number of likely N-dealkylation sites (N-methyl/N-ethyl adjacent to an activating group) is 4. The lowest BCUT2D eigenvalue weighted by molar-refractivity contribution is -0.154. The fraction of sp³-hybridized carbons (Fsp3) is 0.455. The maximum atomic E-state index is 15.8. The average molecular weight is 1950 g/mol.